The van der Waals surface area contributed by atoms with Gasteiger partial charge in [0.05, 0.1) is 23.8 Å². The van der Waals surface area contributed by atoms with E-state index < -0.39 is 0 Å². The van der Waals surface area contributed by atoms with Gasteiger partial charge < -0.3 is 10.3 Å². The number of hydrogen-bond acceptors (Lipinski definition) is 4. The summed E-state index contributed by atoms with van der Waals surface area (Å²) < 4.78 is 0. The number of rotatable bonds is 5. The minimum absolute atomic E-state index is 0.0875. The Morgan fingerprint density at radius 3 is 3.28 bits per heavy atom. The van der Waals surface area contributed by atoms with Crippen molar-refractivity contribution in [2.75, 3.05) is 12.0 Å². The molecule has 0 spiro atoms. The van der Waals surface area contributed by atoms with E-state index in [4.69, 9.17) is 0 Å². The number of fused-ring (bicyclic) bond motifs is 1. The monoisotopic (exact) mass is 268 g/mol. The molecule has 1 aliphatic heterocycles. The van der Waals surface area contributed by atoms with E-state index in [0.717, 1.165) is 23.6 Å². The topological polar surface area (TPSA) is 69.8 Å². The summed E-state index contributed by atoms with van der Waals surface area (Å²) in [6.45, 7) is 2.79. The standard InChI is InChI=1S/C12H20N4OS/c1-3-8(6-18-2)16-12(17)10-4-9-11(5-13-10)15-7-14-9/h7-8,10,13H,3-6H2,1-2H3,(H,14,15)(H,16,17). The summed E-state index contributed by atoms with van der Waals surface area (Å²) in [5.41, 5.74) is 2.10. The predicted molar refractivity (Wildman–Crippen MR) is 73.5 cm³/mol. The van der Waals surface area contributed by atoms with E-state index in [0.29, 0.717) is 13.0 Å². The van der Waals surface area contributed by atoms with Crippen LogP contribution in [0.1, 0.15) is 24.7 Å². The summed E-state index contributed by atoms with van der Waals surface area (Å²) in [4.78, 5) is 19.5. The second-order valence-corrected chi connectivity index (χ2v) is 5.45. The van der Waals surface area contributed by atoms with Gasteiger partial charge in [0.15, 0.2) is 0 Å². The van der Waals surface area contributed by atoms with E-state index in [-0.39, 0.29) is 18.0 Å². The number of imidazole rings is 1. The van der Waals surface area contributed by atoms with Crippen LogP contribution in [-0.2, 0) is 17.8 Å². The summed E-state index contributed by atoms with van der Waals surface area (Å²) in [6, 6.07) is 0.103. The molecule has 0 radical (unpaired) electrons. The number of H-pyrrole nitrogens is 1. The number of hydrogen-bond donors (Lipinski definition) is 3. The molecule has 5 nitrogen and oxygen atoms in total. The molecular formula is C12H20N4OS. The summed E-state index contributed by atoms with van der Waals surface area (Å²) in [6.07, 6.45) is 5.38. The number of amides is 1. The highest BCUT2D eigenvalue weighted by Crippen LogP contribution is 2.12. The minimum Gasteiger partial charge on any atom is -0.351 e. The second-order valence-electron chi connectivity index (χ2n) is 4.53. The number of aromatic nitrogens is 2. The minimum atomic E-state index is -0.156. The molecule has 2 atom stereocenters. The maximum Gasteiger partial charge on any atom is 0.237 e. The van der Waals surface area contributed by atoms with Crippen molar-refractivity contribution in [3.63, 3.8) is 0 Å². The molecule has 0 saturated heterocycles. The number of carbonyl (C=O) groups is 1. The van der Waals surface area contributed by atoms with Crippen LogP contribution >= 0.6 is 11.8 Å². The third kappa shape index (κ3) is 3.05. The van der Waals surface area contributed by atoms with Crippen molar-refractivity contribution in [3.8, 4) is 0 Å². The van der Waals surface area contributed by atoms with Crippen LogP contribution in [0.5, 0.6) is 0 Å². The number of aromatic amines is 1. The van der Waals surface area contributed by atoms with Gasteiger partial charge in [-0.15, -0.1) is 0 Å². The Hall–Kier alpha value is -1.01. The molecule has 1 aromatic heterocycles. The van der Waals surface area contributed by atoms with Crippen LogP contribution in [0.15, 0.2) is 6.33 Å². The normalized spacial score (nSPS) is 20.2. The van der Waals surface area contributed by atoms with Gasteiger partial charge in [0, 0.05) is 24.8 Å². The molecule has 2 unspecified atom stereocenters. The third-order valence-electron chi connectivity index (χ3n) is 3.25. The van der Waals surface area contributed by atoms with Crippen molar-refractivity contribution in [1.82, 2.24) is 20.6 Å². The Morgan fingerprint density at radius 1 is 1.72 bits per heavy atom. The number of carbonyl (C=O) groups excluding carboxylic acids is 1. The summed E-state index contributed by atoms with van der Waals surface area (Å²) in [5.74, 6) is 1.05. The van der Waals surface area contributed by atoms with Gasteiger partial charge in [-0.2, -0.15) is 11.8 Å². The quantitative estimate of drug-likeness (QED) is 0.734. The van der Waals surface area contributed by atoms with Crippen LogP contribution in [0.4, 0.5) is 0 Å². The fourth-order valence-corrected chi connectivity index (χ4v) is 2.84. The van der Waals surface area contributed by atoms with Gasteiger partial charge in [-0.3, -0.25) is 10.1 Å². The zero-order valence-corrected chi connectivity index (χ0v) is 11.6. The van der Waals surface area contributed by atoms with E-state index in [1.165, 1.54) is 0 Å². The molecule has 6 heteroatoms. The van der Waals surface area contributed by atoms with Gasteiger partial charge in [0.2, 0.25) is 5.91 Å². The van der Waals surface area contributed by atoms with Crippen LogP contribution < -0.4 is 10.6 Å². The first-order valence-corrected chi connectivity index (χ1v) is 7.67. The highest BCUT2D eigenvalue weighted by molar-refractivity contribution is 7.98. The second kappa shape index (κ2) is 6.24. The maximum absolute atomic E-state index is 12.2. The first-order chi connectivity index (χ1) is 8.74. The Bertz CT molecular complexity index is 407. The van der Waals surface area contributed by atoms with Gasteiger partial charge in [-0.1, -0.05) is 6.92 Å². The van der Waals surface area contributed by atoms with Gasteiger partial charge in [-0.05, 0) is 12.7 Å². The van der Waals surface area contributed by atoms with E-state index >= 15 is 0 Å². The van der Waals surface area contributed by atoms with Crippen LogP contribution in [0.25, 0.3) is 0 Å². The molecule has 0 fully saturated rings. The van der Waals surface area contributed by atoms with Crippen molar-refractivity contribution in [2.24, 2.45) is 0 Å². The van der Waals surface area contributed by atoms with Crippen LogP contribution in [0.3, 0.4) is 0 Å². The lowest BCUT2D eigenvalue weighted by molar-refractivity contribution is -0.123. The average Bonchev–Trinajstić information content (AvgIpc) is 2.85. The zero-order valence-electron chi connectivity index (χ0n) is 10.8. The molecule has 2 heterocycles. The molecule has 0 saturated carbocycles. The van der Waals surface area contributed by atoms with Crippen molar-refractivity contribution in [1.29, 1.82) is 0 Å². The molecular weight excluding hydrogens is 248 g/mol. The largest absolute Gasteiger partial charge is 0.351 e. The highest BCUT2D eigenvalue weighted by atomic mass is 32.2. The molecule has 0 aliphatic carbocycles. The van der Waals surface area contributed by atoms with E-state index in [1.807, 2.05) is 0 Å². The van der Waals surface area contributed by atoms with Crippen molar-refractivity contribution in [2.45, 2.75) is 38.4 Å². The molecule has 3 N–H and O–H groups in total. The van der Waals surface area contributed by atoms with Crippen LogP contribution in [-0.4, -0.2) is 40.0 Å². The third-order valence-corrected chi connectivity index (χ3v) is 3.99. The van der Waals surface area contributed by atoms with Gasteiger partial charge in [0.1, 0.15) is 0 Å². The molecule has 1 amide bonds. The number of thioether (sulfide) groups is 1. The van der Waals surface area contributed by atoms with Crippen molar-refractivity contribution < 1.29 is 4.79 Å². The molecule has 1 aromatic rings. The molecule has 1 aliphatic rings. The molecule has 0 aromatic carbocycles. The lowest BCUT2D eigenvalue weighted by atomic mass is 10.0. The van der Waals surface area contributed by atoms with E-state index in [2.05, 4.69) is 33.8 Å². The Kier molecular flexibility index (Phi) is 4.66. The molecule has 100 valence electrons. The smallest absolute Gasteiger partial charge is 0.237 e. The predicted octanol–water partition coefficient (Wildman–Crippen LogP) is 0.682. The van der Waals surface area contributed by atoms with Crippen molar-refractivity contribution in [3.05, 3.63) is 17.7 Å². The molecule has 2 rings (SSSR count). The molecule has 0 bridgehead atoms. The lowest BCUT2D eigenvalue weighted by Gasteiger charge is -2.25. The van der Waals surface area contributed by atoms with Crippen LogP contribution in [0.2, 0.25) is 0 Å². The van der Waals surface area contributed by atoms with E-state index in [1.54, 1.807) is 18.1 Å². The van der Waals surface area contributed by atoms with Crippen molar-refractivity contribution >= 4 is 17.7 Å². The van der Waals surface area contributed by atoms with E-state index in [9.17, 15) is 4.79 Å². The Balaban J connectivity index is 1.91. The molecule has 18 heavy (non-hydrogen) atoms. The first kappa shape index (κ1) is 13.4. The number of nitrogens with zero attached hydrogens (tertiary/aromatic N) is 1. The Morgan fingerprint density at radius 2 is 2.56 bits per heavy atom. The fourth-order valence-electron chi connectivity index (χ4n) is 2.12. The van der Waals surface area contributed by atoms with Gasteiger partial charge in [-0.25, -0.2) is 4.98 Å². The Labute approximate surface area is 112 Å². The summed E-state index contributed by atoms with van der Waals surface area (Å²) >= 11 is 1.76. The highest BCUT2D eigenvalue weighted by Gasteiger charge is 2.26. The van der Waals surface area contributed by atoms with Gasteiger partial charge >= 0.3 is 0 Å². The first-order valence-electron chi connectivity index (χ1n) is 6.28. The summed E-state index contributed by atoms with van der Waals surface area (Å²) in [7, 11) is 0. The van der Waals surface area contributed by atoms with Gasteiger partial charge in [0.25, 0.3) is 0 Å². The fraction of sp³-hybridized carbons (Fsp3) is 0.667. The lowest BCUT2D eigenvalue weighted by Crippen LogP contribution is -2.50. The SMILES string of the molecule is CCC(CSC)NC(=O)C1Cc2nc[nH]c2CN1. The zero-order chi connectivity index (χ0) is 13.0. The number of nitrogens with one attached hydrogen (secondary N) is 3. The average molecular weight is 268 g/mol. The van der Waals surface area contributed by atoms with Crippen LogP contribution in [0, 0.1) is 0 Å². The maximum atomic E-state index is 12.2. The summed E-state index contributed by atoms with van der Waals surface area (Å²) in [5, 5.41) is 6.34.